The van der Waals surface area contributed by atoms with Gasteiger partial charge in [-0.15, -0.1) is 0 Å². The van der Waals surface area contributed by atoms with Gasteiger partial charge < -0.3 is 5.32 Å². The van der Waals surface area contributed by atoms with Gasteiger partial charge in [0.1, 0.15) is 0 Å². The zero-order valence-electron chi connectivity index (χ0n) is 12.5. The van der Waals surface area contributed by atoms with Gasteiger partial charge in [0, 0.05) is 15.0 Å². The lowest BCUT2D eigenvalue weighted by Crippen LogP contribution is -2.24. The minimum absolute atomic E-state index is 0.318. The number of nitrogens with one attached hydrogen (secondary N) is 1. The summed E-state index contributed by atoms with van der Waals surface area (Å²) in [6, 6.07) is 15.4. The summed E-state index contributed by atoms with van der Waals surface area (Å²) in [5.41, 5.74) is 3.93. The van der Waals surface area contributed by atoms with E-state index in [1.54, 1.807) is 0 Å². The summed E-state index contributed by atoms with van der Waals surface area (Å²) in [5, 5.41) is 3.67. The van der Waals surface area contributed by atoms with Crippen LogP contribution in [0.2, 0.25) is 0 Å². The highest BCUT2D eigenvalue weighted by molar-refractivity contribution is 9.10. The average molecular weight is 411 g/mol. The molecule has 112 valence electrons. The Labute approximate surface area is 144 Å². The standard InChI is InChI=1S/C18H21Br2N/c1-3-10-21-18(12-14-6-4-5-7-16(14)19)15-9-8-13(2)11-17(15)20/h4-9,11,18,21H,3,10,12H2,1-2H3. The predicted octanol–water partition coefficient (Wildman–Crippen LogP) is 5.80. The maximum absolute atomic E-state index is 3.72. The van der Waals surface area contributed by atoms with E-state index in [0.29, 0.717) is 6.04 Å². The van der Waals surface area contributed by atoms with Crippen molar-refractivity contribution in [3.05, 3.63) is 68.1 Å². The van der Waals surface area contributed by atoms with Crippen LogP contribution in [0.15, 0.2) is 51.4 Å². The van der Waals surface area contributed by atoms with Crippen molar-refractivity contribution in [2.45, 2.75) is 32.7 Å². The van der Waals surface area contributed by atoms with Crippen molar-refractivity contribution < 1.29 is 0 Å². The van der Waals surface area contributed by atoms with Gasteiger partial charge in [-0.05, 0) is 55.1 Å². The Balaban J connectivity index is 2.27. The molecule has 0 fully saturated rings. The molecule has 0 amide bonds. The van der Waals surface area contributed by atoms with Crippen LogP contribution in [-0.4, -0.2) is 6.54 Å². The molecule has 0 bridgehead atoms. The summed E-state index contributed by atoms with van der Waals surface area (Å²) in [5.74, 6) is 0. The number of hydrogen-bond donors (Lipinski definition) is 1. The fourth-order valence-corrected chi connectivity index (χ4v) is 3.63. The van der Waals surface area contributed by atoms with E-state index >= 15 is 0 Å². The van der Waals surface area contributed by atoms with Crippen molar-refractivity contribution in [3.63, 3.8) is 0 Å². The molecule has 2 rings (SSSR count). The van der Waals surface area contributed by atoms with Crippen LogP contribution in [0.5, 0.6) is 0 Å². The molecule has 1 atom stereocenters. The van der Waals surface area contributed by atoms with Crippen LogP contribution in [0.3, 0.4) is 0 Å². The second-order valence-electron chi connectivity index (χ2n) is 5.33. The summed E-state index contributed by atoms with van der Waals surface area (Å²) in [4.78, 5) is 0. The minimum atomic E-state index is 0.318. The minimum Gasteiger partial charge on any atom is -0.310 e. The molecule has 0 aliphatic rings. The SMILES string of the molecule is CCCNC(Cc1ccccc1Br)c1ccc(C)cc1Br. The average Bonchev–Trinajstić information content (AvgIpc) is 2.46. The number of benzene rings is 2. The van der Waals surface area contributed by atoms with Crippen molar-refractivity contribution >= 4 is 31.9 Å². The van der Waals surface area contributed by atoms with Gasteiger partial charge in [0.05, 0.1) is 0 Å². The molecule has 0 aliphatic carbocycles. The van der Waals surface area contributed by atoms with E-state index in [2.05, 4.69) is 93.5 Å². The van der Waals surface area contributed by atoms with Crippen LogP contribution in [0, 0.1) is 6.92 Å². The van der Waals surface area contributed by atoms with Gasteiger partial charge in [0.15, 0.2) is 0 Å². The first kappa shape index (κ1) is 16.7. The van der Waals surface area contributed by atoms with E-state index in [-0.39, 0.29) is 0 Å². The third kappa shape index (κ3) is 4.67. The first-order valence-electron chi connectivity index (χ1n) is 7.34. The molecular weight excluding hydrogens is 390 g/mol. The fourth-order valence-electron chi connectivity index (χ4n) is 2.41. The Kier molecular flexibility index (Phi) is 6.46. The Hall–Kier alpha value is -0.640. The van der Waals surface area contributed by atoms with Crippen LogP contribution < -0.4 is 5.32 Å². The van der Waals surface area contributed by atoms with Crippen LogP contribution in [0.1, 0.15) is 36.1 Å². The molecule has 0 aliphatic heterocycles. The number of halogens is 2. The molecule has 0 heterocycles. The van der Waals surface area contributed by atoms with E-state index in [1.165, 1.54) is 25.6 Å². The Morgan fingerprint density at radius 1 is 1.05 bits per heavy atom. The fraction of sp³-hybridized carbons (Fsp3) is 0.333. The molecule has 0 aromatic heterocycles. The third-order valence-electron chi connectivity index (χ3n) is 3.55. The van der Waals surface area contributed by atoms with Gasteiger partial charge in [-0.1, -0.05) is 69.1 Å². The van der Waals surface area contributed by atoms with Crippen molar-refractivity contribution in [1.29, 1.82) is 0 Å². The molecule has 1 nitrogen and oxygen atoms in total. The van der Waals surface area contributed by atoms with Crippen molar-refractivity contribution in [1.82, 2.24) is 5.32 Å². The molecule has 1 N–H and O–H groups in total. The van der Waals surface area contributed by atoms with Gasteiger partial charge in [-0.25, -0.2) is 0 Å². The molecule has 2 aromatic rings. The van der Waals surface area contributed by atoms with Gasteiger partial charge in [0.2, 0.25) is 0 Å². The summed E-state index contributed by atoms with van der Waals surface area (Å²) in [6.45, 7) is 5.35. The second-order valence-corrected chi connectivity index (χ2v) is 7.04. The Bertz CT molecular complexity index is 596. The molecule has 0 saturated carbocycles. The van der Waals surface area contributed by atoms with Crippen molar-refractivity contribution in [2.24, 2.45) is 0 Å². The zero-order chi connectivity index (χ0) is 15.2. The molecule has 2 aromatic carbocycles. The third-order valence-corrected chi connectivity index (χ3v) is 5.01. The maximum Gasteiger partial charge on any atom is 0.0372 e. The summed E-state index contributed by atoms with van der Waals surface area (Å²) < 4.78 is 2.36. The highest BCUT2D eigenvalue weighted by Crippen LogP contribution is 2.29. The van der Waals surface area contributed by atoms with E-state index < -0.39 is 0 Å². The van der Waals surface area contributed by atoms with Crippen LogP contribution in [-0.2, 0) is 6.42 Å². The molecule has 21 heavy (non-hydrogen) atoms. The van der Waals surface area contributed by atoms with Crippen LogP contribution in [0.4, 0.5) is 0 Å². The van der Waals surface area contributed by atoms with Gasteiger partial charge in [-0.3, -0.25) is 0 Å². The monoisotopic (exact) mass is 409 g/mol. The maximum atomic E-state index is 3.72. The lowest BCUT2D eigenvalue weighted by molar-refractivity contribution is 0.527. The molecular formula is C18H21Br2N. The number of hydrogen-bond acceptors (Lipinski definition) is 1. The second kappa shape index (κ2) is 8.11. The van der Waals surface area contributed by atoms with Crippen LogP contribution in [0.25, 0.3) is 0 Å². The zero-order valence-corrected chi connectivity index (χ0v) is 15.7. The number of aryl methyl sites for hydroxylation is 1. The topological polar surface area (TPSA) is 12.0 Å². The quantitative estimate of drug-likeness (QED) is 0.634. The molecule has 0 saturated heterocycles. The van der Waals surface area contributed by atoms with E-state index in [1.807, 2.05) is 0 Å². The van der Waals surface area contributed by atoms with Gasteiger partial charge in [0.25, 0.3) is 0 Å². The highest BCUT2D eigenvalue weighted by Gasteiger charge is 2.15. The predicted molar refractivity (Wildman–Crippen MR) is 97.8 cm³/mol. The van der Waals surface area contributed by atoms with Crippen molar-refractivity contribution in [2.75, 3.05) is 6.54 Å². The normalized spacial score (nSPS) is 12.4. The van der Waals surface area contributed by atoms with Crippen molar-refractivity contribution in [3.8, 4) is 0 Å². The highest BCUT2D eigenvalue weighted by atomic mass is 79.9. The number of rotatable bonds is 6. The van der Waals surface area contributed by atoms with Crippen LogP contribution >= 0.6 is 31.9 Å². The smallest absolute Gasteiger partial charge is 0.0372 e. The lowest BCUT2D eigenvalue weighted by atomic mass is 9.98. The first-order chi connectivity index (χ1) is 10.1. The molecule has 0 spiro atoms. The summed E-state index contributed by atoms with van der Waals surface area (Å²) >= 11 is 7.38. The van der Waals surface area contributed by atoms with E-state index in [9.17, 15) is 0 Å². The largest absolute Gasteiger partial charge is 0.310 e. The van der Waals surface area contributed by atoms with E-state index in [4.69, 9.17) is 0 Å². The summed E-state index contributed by atoms with van der Waals surface area (Å²) in [7, 11) is 0. The molecule has 3 heteroatoms. The Morgan fingerprint density at radius 2 is 1.81 bits per heavy atom. The summed E-state index contributed by atoms with van der Waals surface area (Å²) in [6.07, 6.45) is 2.11. The molecule has 0 radical (unpaired) electrons. The lowest BCUT2D eigenvalue weighted by Gasteiger charge is -2.21. The van der Waals surface area contributed by atoms with Gasteiger partial charge in [-0.2, -0.15) is 0 Å². The first-order valence-corrected chi connectivity index (χ1v) is 8.93. The van der Waals surface area contributed by atoms with Gasteiger partial charge >= 0.3 is 0 Å². The Morgan fingerprint density at radius 3 is 2.48 bits per heavy atom. The van der Waals surface area contributed by atoms with E-state index in [0.717, 1.165) is 19.4 Å². The molecule has 1 unspecified atom stereocenters.